The molecule has 1 atom stereocenters. The van der Waals surface area contributed by atoms with Gasteiger partial charge in [-0.25, -0.2) is 4.39 Å². The Bertz CT molecular complexity index is 493. The van der Waals surface area contributed by atoms with Crippen molar-refractivity contribution in [3.8, 4) is 5.75 Å². The third-order valence-corrected chi connectivity index (χ3v) is 4.01. The minimum absolute atomic E-state index is 0.0332. The summed E-state index contributed by atoms with van der Waals surface area (Å²) in [6.07, 6.45) is 4.16. The second-order valence-electron chi connectivity index (χ2n) is 5.39. The molecule has 0 aliphatic carbocycles. The lowest BCUT2D eigenvalue weighted by Crippen LogP contribution is -2.44. The van der Waals surface area contributed by atoms with Crippen molar-refractivity contribution < 1.29 is 13.9 Å². The van der Waals surface area contributed by atoms with Crippen LogP contribution in [0.5, 0.6) is 5.75 Å². The summed E-state index contributed by atoms with van der Waals surface area (Å²) in [6, 6.07) is 4.57. The fourth-order valence-electron chi connectivity index (χ4n) is 2.84. The molecule has 1 saturated heterocycles. The first-order valence-corrected chi connectivity index (χ1v) is 7.46. The lowest BCUT2D eigenvalue weighted by molar-refractivity contribution is 0.0602. The third kappa shape index (κ3) is 3.73. The Morgan fingerprint density at radius 1 is 1.48 bits per heavy atom. The Labute approximate surface area is 125 Å². The molecule has 5 heteroatoms. The molecular formula is C16H23FN2O2. The van der Waals surface area contributed by atoms with Gasteiger partial charge in [-0.1, -0.05) is 0 Å². The number of ether oxygens (including phenoxy) is 1. The van der Waals surface area contributed by atoms with Gasteiger partial charge < -0.3 is 15.0 Å². The largest absolute Gasteiger partial charge is 0.494 e. The van der Waals surface area contributed by atoms with E-state index in [2.05, 4.69) is 5.32 Å². The number of amides is 1. The first-order valence-electron chi connectivity index (χ1n) is 7.46. The van der Waals surface area contributed by atoms with Crippen molar-refractivity contribution in [2.45, 2.75) is 31.7 Å². The Kier molecular flexibility index (Phi) is 5.56. The molecule has 1 heterocycles. The fraction of sp³-hybridized carbons (Fsp3) is 0.562. The second-order valence-corrected chi connectivity index (χ2v) is 5.39. The number of rotatable bonds is 5. The molecule has 0 aromatic heterocycles. The van der Waals surface area contributed by atoms with Crippen LogP contribution in [-0.2, 0) is 0 Å². The summed E-state index contributed by atoms with van der Waals surface area (Å²) in [7, 11) is 3.32. The van der Waals surface area contributed by atoms with E-state index in [-0.39, 0.29) is 17.7 Å². The SMILES string of the molecule is CNCCC1CCCCN1C(=O)c1ccc(F)c(OC)c1. The monoisotopic (exact) mass is 294 g/mol. The highest BCUT2D eigenvalue weighted by molar-refractivity contribution is 5.94. The topological polar surface area (TPSA) is 41.6 Å². The summed E-state index contributed by atoms with van der Waals surface area (Å²) in [5, 5.41) is 3.13. The van der Waals surface area contributed by atoms with Crippen LogP contribution >= 0.6 is 0 Å². The van der Waals surface area contributed by atoms with Gasteiger partial charge in [0.15, 0.2) is 11.6 Å². The molecule has 1 aromatic carbocycles. The van der Waals surface area contributed by atoms with Gasteiger partial charge in [0.2, 0.25) is 0 Å². The van der Waals surface area contributed by atoms with E-state index >= 15 is 0 Å². The molecule has 0 saturated carbocycles. The van der Waals surface area contributed by atoms with E-state index in [1.54, 1.807) is 0 Å². The van der Waals surface area contributed by atoms with Crippen molar-refractivity contribution in [2.24, 2.45) is 0 Å². The van der Waals surface area contributed by atoms with E-state index in [4.69, 9.17) is 4.74 Å². The molecule has 0 spiro atoms. The Morgan fingerprint density at radius 2 is 2.29 bits per heavy atom. The zero-order valence-electron chi connectivity index (χ0n) is 12.7. The Balaban J connectivity index is 2.16. The minimum Gasteiger partial charge on any atom is -0.494 e. The molecule has 0 bridgehead atoms. The maximum absolute atomic E-state index is 13.5. The molecule has 2 rings (SSSR count). The van der Waals surface area contributed by atoms with Crippen LogP contribution < -0.4 is 10.1 Å². The van der Waals surface area contributed by atoms with Gasteiger partial charge in [0.05, 0.1) is 7.11 Å². The first-order chi connectivity index (χ1) is 10.2. The van der Waals surface area contributed by atoms with Crippen molar-refractivity contribution in [1.82, 2.24) is 10.2 Å². The number of methoxy groups -OCH3 is 1. The van der Waals surface area contributed by atoms with Gasteiger partial charge in [-0.3, -0.25) is 4.79 Å². The van der Waals surface area contributed by atoms with Crippen LogP contribution in [0, 0.1) is 5.82 Å². The average molecular weight is 294 g/mol. The Hall–Kier alpha value is -1.62. The molecule has 1 amide bonds. The lowest BCUT2D eigenvalue weighted by atomic mass is 9.98. The maximum Gasteiger partial charge on any atom is 0.254 e. The van der Waals surface area contributed by atoms with E-state index in [0.717, 1.165) is 38.8 Å². The van der Waals surface area contributed by atoms with Gasteiger partial charge >= 0.3 is 0 Å². The van der Waals surface area contributed by atoms with Crippen molar-refractivity contribution >= 4 is 5.91 Å². The smallest absolute Gasteiger partial charge is 0.254 e. The third-order valence-electron chi connectivity index (χ3n) is 4.01. The molecule has 0 radical (unpaired) electrons. The molecule has 1 aliphatic heterocycles. The van der Waals surface area contributed by atoms with Gasteiger partial charge in [0.1, 0.15) is 0 Å². The van der Waals surface area contributed by atoms with Crippen molar-refractivity contribution in [3.05, 3.63) is 29.6 Å². The van der Waals surface area contributed by atoms with Crippen LogP contribution in [0.25, 0.3) is 0 Å². The van der Waals surface area contributed by atoms with Crippen molar-refractivity contribution in [1.29, 1.82) is 0 Å². The zero-order chi connectivity index (χ0) is 15.2. The van der Waals surface area contributed by atoms with Gasteiger partial charge in [0.25, 0.3) is 5.91 Å². The number of hydrogen-bond donors (Lipinski definition) is 1. The summed E-state index contributed by atoms with van der Waals surface area (Å²) in [6.45, 7) is 1.66. The number of piperidine rings is 1. The average Bonchev–Trinajstić information content (AvgIpc) is 2.53. The van der Waals surface area contributed by atoms with Gasteiger partial charge in [0, 0.05) is 18.2 Å². The van der Waals surface area contributed by atoms with Crippen LogP contribution in [0.2, 0.25) is 0 Å². The van der Waals surface area contributed by atoms with E-state index in [9.17, 15) is 9.18 Å². The highest BCUT2D eigenvalue weighted by atomic mass is 19.1. The molecule has 116 valence electrons. The number of hydrogen-bond acceptors (Lipinski definition) is 3. The van der Waals surface area contributed by atoms with E-state index in [1.165, 1.54) is 25.3 Å². The van der Waals surface area contributed by atoms with E-state index in [1.807, 2.05) is 11.9 Å². The summed E-state index contributed by atoms with van der Waals surface area (Å²) in [5.74, 6) is -0.363. The number of nitrogens with one attached hydrogen (secondary N) is 1. The number of benzene rings is 1. The van der Waals surface area contributed by atoms with Crippen LogP contribution in [-0.4, -0.2) is 44.1 Å². The molecule has 1 N–H and O–H groups in total. The van der Waals surface area contributed by atoms with Crippen LogP contribution in [0.1, 0.15) is 36.0 Å². The molecule has 1 aromatic rings. The highest BCUT2D eigenvalue weighted by Gasteiger charge is 2.27. The summed E-state index contributed by atoms with van der Waals surface area (Å²) < 4.78 is 18.4. The van der Waals surface area contributed by atoms with Gasteiger partial charge in [-0.15, -0.1) is 0 Å². The van der Waals surface area contributed by atoms with Crippen molar-refractivity contribution in [2.75, 3.05) is 27.2 Å². The second kappa shape index (κ2) is 7.41. The van der Waals surface area contributed by atoms with Crippen molar-refractivity contribution in [3.63, 3.8) is 0 Å². The quantitative estimate of drug-likeness (QED) is 0.907. The van der Waals surface area contributed by atoms with Crippen LogP contribution in [0.3, 0.4) is 0 Å². The minimum atomic E-state index is -0.445. The number of likely N-dealkylation sites (tertiary alicyclic amines) is 1. The number of carbonyl (C=O) groups excluding carboxylic acids is 1. The number of carbonyl (C=O) groups is 1. The Morgan fingerprint density at radius 3 is 3.00 bits per heavy atom. The van der Waals surface area contributed by atoms with Gasteiger partial charge in [-0.2, -0.15) is 0 Å². The normalized spacial score (nSPS) is 18.6. The van der Waals surface area contributed by atoms with E-state index in [0.29, 0.717) is 5.56 Å². The fourth-order valence-corrected chi connectivity index (χ4v) is 2.84. The maximum atomic E-state index is 13.5. The van der Waals surface area contributed by atoms with E-state index < -0.39 is 5.82 Å². The summed E-state index contributed by atoms with van der Waals surface area (Å²) >= 11 is 0. The number of nitrogens with zero attached hydrogens (tertiary/aromatic N) is 1. The van der Waals surface area contributed by atoms with Crippen LogP contribution in [0.15, 0.2) is 18.2 Å². The molecular weight excluding hydrogens is 271 g/mol. The molecule has 1 fully saturated rings. The predicted octanol–water partition coefficient (Wildman–Crippen LogP) is 2.44. The first kappa shape index (κ1) is 15.8. The van der Waals surface area contributed by atoms with Crippen LogP contribution in [0.4, 0.5) is 4.39 Å². The summed E-state index contributed by atoms with van der Waals surface area (Å²) in [4.78, 5) is 14.6. The number of halogens is 1. The highest BCUT2D eigenvalue weighted by Crippen LogP contribution is 2.24. The van der Waals surface area contributed by atoms with Gasteiger partial charge in [-0.05, 0) is 57.5 Å². The lowest BCUT2D eigenvalue weighted by Gasteiger charge is -2.36. The molecule has 1 aliphatic rings. The molecule has 21 heavy (non-hydrogen) atoms. The standard InChI is InChI=1S/C16H23FN2O2/c1-18-9-8-13-5-3-4-10-19(13)16(20)12-6-7-14(17)15(11-12)21-2/h6-7,11,13,18H,3-5,8-10H2,1-2H3. The molecule has 1 unspecified atom stereocenters. The summed E-state index contributed by atoms with van der Waals surface area (Å²) in [5.41, 5.74) is 0.490. The zero-order valence-corrected chi connectivity index (χ0v) is 12.7. The predicted molar refractivity (Wildman–Crippen MR) is 80.2 cm³/mol. The molecule has 4 nitrogen and oxygen atoms in total.